The summed E-state index contributed by atoms with van der Waals surface area (Å²) in [4.78, 5) is 12.3. The fourth-order valence-electron chi connectivity index (χ4n) is 2.57. The highest BCUT2D eigenvalue weighted by molar-refractivity contribution is 7.86. The van der Waals surface area contributed by atoms with Gasteiger partial charge in [-0.3, -0.25) is 9.35 Å². The normalized spacial score (nSPS) is 24.7. The summed E-state index contributed by atoms with van der Waals surface area (Å²) in [7, 11) is -4.15. The van der Waals surface area contributed by atoms with Crippen LogP contribution in [0, 0.1) is 5.92 Å². The molecule has 0 bridgehead atoms. The molecule has 1 fully saturated rings. The molecule has 4 nitrogen and oxygen atoms in total. The monoisotopic (exact) mass is 268 g/mol. The fraction of sp³-hybridized carbons (Fsp3) is 0.462. The van der Waals surface area contributed by atoms with Crippen LogP contribution in [0.2, 0.25) is 0 Å². The summed E-state index contributed by atoms with van der Waals surface area (Å²) in [6.07, 6.45) is 2.46. The van der Waals surface area contributed by atoms with E-state index in [1.54, 1.807) is 30.3 Å². The number of ketones is 1. The number of benzene rings is 1. The third kappa shape index (κ3) is 2.79. The molecule has 98 valence electrons. The molecule has 0 amide bonds. The van der Waals surface area contributed by atoms with Crippen molar-refractivity contribution in [2.45, 2.75) is 30.9 Å². The first kappa shape index (κ1) is 13.2. The molecule has 0 aliphatic heterocycles. The van der Waals surface area contributed by atoms with Crippen LogP contribution in [-0.2, 0) is 10.1 Å². The summed E-state index contributed by atoms with van der Waals surface area (Å²) in [6, 6.07) is 8.66. The molecule has 0 heterocycles. The summed E-state index contributed by atoms with van der Waals surface area (Å²) in [5.41, 5.74) is 0.512. The van der Waals surface area contributed by atoms with Crippen LogP contribution in [0.3, 0.4) is 0 Å². The molecule has 0 radical (unpaired) electrons. The van der Waals surface area contributed by atoms with Gasteiger partial charge in [0.15, 0.2) is 5.78 Å². The van der Waals surface area contributed by atoms with Crippen molar-refractivity contribution in [3.8, 4) is 0 Å². The Bertz CT molecular complexity index is 521. The zero-order valence-corrected chi connectivity index (χ0v) is 10.8. The predicted octanol–water partition coefficient (Wildman–Crippen LogP) is 2.32. The van der Waals surface area contributed by atoms with Gasteiger partial charge in [-0.2, -0.15) is 8.42 Å². The van der Waals surface area contributed by atoms with E-state index in [0.717, 1.165) is 12.8 Å². The highest BCUT2D eigenvalue weighted by atomic mass is 32.2. The lowest BCUT2D eigenvalue weighted by molar-refractivity contribution is 0.0889. The summed E-state index contributed by atoms with van der Waals surface area (Å²) >= 11 is 0. The van der Waals surface area contributed by atoms with Gasteiger partial charge in [-0.05, 0) is 12.8 Å². The first-order valence-corrected chi connectivity index (χ1v) is 7.56. The van der Waals surface area contributed by atoms with Crippen molar-refractivity contribution in [3.05, 3.63) is 35.9 Å². The standard InChI is InChI=1S/C13H16O4S/c14-13(10-6-2-1-3-7-10)11-8-4-5-9-12(11)18(15,16)17/h1-3,6-7,11-12H,4-5,8-9H2,(H,15,16,17). The minimum Gasteiger partial charge on any atom is -0.294 e. The van der Waals surface area contributed by atoms with Gasteiger partial charge in [-0.1, -0.05) is 43.2 Å². The van der Waals surface area contributed by atoms with Gasteiger partial charge < -0.3 is 0 Å². The van der Waals surface area contributed by atoms with Gasteiger partial charge in [0, 0.05) is 11.5 Å². The lowest BCUT2D eigenvalue weighted by Crippen LogP contribution is -2.37. The number of rotatable bonds is 3. The highest BCUT2D eigenvalue weighted by Crippen LogP contribution is 2.31. The predicted molar refractivity (Wildman–Crippen MR) is 68.1 cm³/mol. The summed E-state index contributed by atoms with van der Waals surface area (Å²) < 4.78 is 31.9. The topological polar surface area (TPSA) is 71.4 Å². The number of carbonyl (C=O) groups is 1. The number of hydrogen-bond donors (Lipinski definition) is 1. The van der Waals surface area contributed by atoms with Crippen molar-refractivity contribution >= 4 is 15.9 Å². The molecule has 0 saturated heterocycles. The molecule has 0 aromatic heterocycles. The van der Waals surface area contributed by atoms with Gasteiger partial charge in [0.25, 0.3) is 10.1 Å². The molecule has 2 atom stereocenters. The third-order valence-corrected chi connectivity index (χ3v) is 4.81. The molecule has 18 heavy (non-hydrogen) atoms. The van der Waals surface area contributed by atoms with E-state index in [4.69, 9.17) is 0 Å². The van der Waals surface area contributed by atoms with Crippen LogP contribution in [0.15, 0.2) is 30.3 Å². The van der Waals surface area contributed by atoms with Gasteiger partial charge in [0.2, 0.25) is 0 Å². The average Bonchev–Trinajstić information content (AvgIpc) is 2.38. The Kier molecular flexibility index (Phi) is 3.82. The van der Waals surface area contributed by atoms with E-state index < -0.39 is 21.3 Å². The second-order valence-electron chi connectivity index (χ2n) is 4.67. The first-order chi connectivity index (χ1) is 8.50. The maximum absolute atomic E-state index is 12.3. The number of carbonyl (C=O) groups excluding carboxylic acids is 1. The van der Waals surface area contributed by atoms with Crippen molar-refractivity contribution in [2.24, 2.45) is 5.92 Å². The van der Waals surface area contributed by atoms with Crippen LogP contribution in [0.4, 0.5) is 0 Å². The summed E-state index contributed by atoms with van der Waals surface area (Å²) in [5, 5.41) is -0.945. The van der Waals surface area contributed by atoms with Crippen LogP contribution in [0.1, 0.15) is 36.0 Å². The molecule has 1 saturated carbocycles. The van der Waals surface area contributed by atoms with Crippen LogP contribution < -0.4 is 0 Å². The molecule has 1 N–H and O–H groups in total. The van der Waals surface area contributed by atoms with E-state index in [1.807, 2.05) is 0 Å². The Labute approximate surface area is 107 Å². The minimum atomic E-state index is -4.15. The maximum Gasteiger partial charge on any atom is 0.268 e. The van der Waals surface area contributed by atoms with Crippen molar-refractivity contribution in [1.82, 2.24) is 0 Å². The maximum atomic E-state index is 12.3. The van der Waals surface area contributed by atoms with E-state index in [1.165, 1.54) is 0 Å². The Morgan fingerprint density at radius 3 is 2.33 bits per heavy atom. The van der Waals surface area contributed by atoms with E-state index >= 15 is 0 Å². The molecule has 1 aliphatic rings. The van der Waals surface area contributed by atoms with Gasteiger partial charge >= 0.3 is 0 Å². The second kappa shape index (κ2) is 5.20. The van der Waals surface area contributed by atoms with E-state index in [2.05, 4.69) is 0 Å². The van der Waals surface area contributed by atoms with Crippen molar-refractivity contribution in [2.75, 3.05) is 0 Å². The number of hydrogen-bond acceptors (Lipinski definition) is 3. The smallest absolute Gasteiger partial charge is 0.268 e. The molecule has 1 aliphatic carbocycles. The van der Waals surface area contributed by atoms with E-state index in [0.29, 0.717) is 18.4 Å². The van der Waals surface area contributed by atoms with Gasteiger partial charge in [0.1, 0.15) is 0 Å². The average molecular weight is 268 g/mol. The van der Waals surface area contributed by atoms with Crippen LogP contribution in [-0.4, -0.2) is 24.0 Å². The quantitative estimate of drug-likeness (QED) is 0.674. The van der Waals surface area contributed by atoms with Crippen LogP contribution in [0.5, 0.6) is 0 Å². The lowest BCUT2D eigenvalue weighted by atomic mass is 9.83. The molecular weight excluding hydrogens is 252 g/mol. The summed E-state index contributed by atoms with van der Waals surface area (Å²) in [5.74, 6) is -0.797. The Morgan fingerprint density at radius 2 is 1.72 bits per heavy atom. The van der Waals surface area contributed by atoms with Crippen LogP contribution in [0.25, 0.3) is 0 Å². The van der Waals surface area contributed by atoms with Gasteiger partial charge in [-0.15, -0.1) is 0 Å². The Hall–Kier alpha value is -1.20. The van der Waals surface area contributed by atoms with Gasteiger partial charge in [-0.25, -0.2) is 0 Å². The van der Waals surface area contributed by atoms with Gasteiger partial charge in [0.05, 0.1) is 5.25 Å². The zero-order valence-electron chi connectivity index (χ0n) is 9.95. The number of Topliss-reactive ketones (excluding diaryl/α,β-unsaturated/α-hetero) is 1. The fourth-order valence-corrected chi connectivity index (χ4v) is 3.71. The Balaban J connectivity index is 2.28. The molecule has 1 aromatic carbocycles. The molecule has 5 heteroatoms. The Morgan fingerprint density at radius 1 is 1.11 bits per heavy atom. The molecule has 2 rings (SSSR count). The van der Waals surface area contributed by atoms with E-state index in [-0.39, 0.29) is 5.78 Å². The first-order valence-electron chi connectivity index (χ1n) is 6.05. The zero-order chi connectivity index (χ0) is 13.2. The molecular formula is C13H16O4S. The van der Waals surface area contributed by atoms with Crippen LogP contribution >= 0.6 is 0 Å². The molecule has 1 aromatic rings. The SMILES string of the molecule is O=C(c1ccccc1)C1CCCCC1S(=O)(=O)O. The van der Waals surface area contributed by atoms with Crippen molar-refractivity contribution in [1.29, 1.82) is 0 Å². The minimum absolute atomic E-state index is 0.182. The molecule has 0 spiro atoms. The van der Waals surface area contributed by atoms with Crippen molar-refractivity contribution in [3.63, 3.8) is 0 Å². The lowest BCUT2D eigenvalue weighted by Gasteiger charge is -2.28. The summed E-state index contributed by atoms with van der Waals surface area (Å²) in [6.45, 7) is 0. The molecule has 2 unspecified atom stereocenters. The highest BCUT2D eigenvalue weighted by Gasteiger charge is 2.38. The second-order valence-corrected chi connectivity index (χ2v) is 6.31. The largest absolute Gasteiger partial charge is 0.294 e. The van der Waals surface area contributed by atoms with E-state index in [9.17, 15) is 17.8 Å². The third-order valence-electron chi connectivity index (χ3n) is 3.48. The van der Waals surface area contributed by atoms with Crippen molar-refractivity contribution < 1.29 is 17.8 Å².